The topological polar surface area (TPSA) is 89.9 Å². The number of rotatable bonds is 2. The largest absolute Gasteiger partial charge is 0.481 e. The first-order valence-corrected chi connectivity index (χ1v) is 7.45. The zero-order valence-corrected chi connectivity index (χ0v) is 11.9. The van der Waals surface area contributed by atoms with Crippen molar-refractivity contribution >= 4 is 12.0 Å². The Kier molecular flexibility index (Phi) is 4.86. The van der Waals surface area contributed by atoms with Crippen LogP contribution in [0.3, 0.4) is 0 Å². The highest BCUT2D eigenvalue weighted by Gasteiger charge is 2.34. The van der Waals surface area contributed by atoms with Crippen LogP contribution in [0.1, 0.15) is 39.0 Å². The van der Waals surface area contributed by atoms with E-state index < -0.39 is 18.0 Å². The first-order valence-electron chi connectivity index (χ1n) is 7.45. The number of urea groups is 1. The van der Waals surface area contributed by atoms with Gasteiger partial charge >= 0.3 is 12.0 Å². The monoisotopic (exact) mass is 284 g/mol. The Labute approximate surface area is 119 Å². The second kappa shape index (κ2) is 6.43. The van der Waals surface area contributed by atoms with Gasteiger partial charge in [-0.2, -0.15) is 0 Å². The number of likely N-dealkylation sites (tertiary alicyclic amines) is 1. The molecule has 0 aromatic rings. The van der Waals surface area contributed by atoms with Crippen LogP contribution in [-0.4, -0.2) is 52.3 Å². The lowest BCUT2D eigenvalue weighted by molar-refractivity contribution is -0.143. The maximum Gasteiger partial charge on any atom is 0.317 e. The number of aliphatic hydroxyl groups is 1. The normalized spacial score (nSPS) is 34.6. The molecule has 1 aliphatic carbocycles. The van der Waals surface area contributed by atoms with E-state index in [1.54, 1.807) is 4.90 Å². The number of carbonyl (C=O) groups excluding carboxylic acids is 1. The number of hydrogen-bond donors (Lipinski definition) is 3. The fraction of sp³-hybridized carbons (Fsp3) is 0.857. The van der Waals surface area contributed by atoms with Gasteiger partial charge in [-0.25, -0.2) is 4.79 Å². The molecule has 20 heavy (non-hydrogen) atoms. The third kappa shape index (κ3) is 3.42. The van der Waals surface area contributed by atoms with Crippen molar-refractivity contribution in [2.45, 2.75) is 51.2 Å². The molecule has 4 unspecified atom stereocenters. The van der Waals surface area contributed by atoms with Crippen molar-refractivity contribution in [1.29, 1.82) is 0 Å². The van der Waals surface area contributed by atoms with Crippen LogP contribution in [0.15, 0.2) is 0 Å². The number of carboxylic acid groups (broad SMARTS) is 1. The van der Waals surface area contributed by atoms with Crippen LogP contribution in [0, 0.1) is 11.8 Å². The van der Waals surface area contributed by atoms with Gasteiger partial charge in [-0.3, -0.25) is 4.79 Å². The number of aliphatic carboxylic acids is 1. The molecule has 2 rings (SSSR count). The van der Waals surface area contributed by atoms with Crippen LogP contribution >= 0.6 is 0 Å². The Morgan fingerprint density at radius 3 is 2.55 bits per heavy atom. The van der Waals surface area contributed by atoms with Gasteiger partial charge in [0, 0.05) is 19.1 Å². The molecule has 0 radical (unpaired) electrons. The SMILES string of the molecule is CC1CCN(C(=O)NC2CCCCC2C(=O)O)CC1O. The van der Waals surface area contributed by atoms with Gasteiger partial charge in [0.1, 0.15) is 0 Å². The molecule has 1 saturated heterocycles. The van der Waals surface area contributed by atoms with E-state index in [4.69, 9.17) is 0 Å². The Morgan fingerprint density at radius 2 is 1.90 bits per heavy atom. The van der Waals surface area contributed by atoms with Crippen LogP contribution in [-0.2, 0) is 4.79 Å². The van der Waals surface area contributed by atoms with Gasteiger partial charge < -0.3 is 20.4 Å². The van der Waals surface area contributed by atoms with E-state index in [1.807, 2.05) is 6.92 Å². The van der Waals surface area contributed by atoms with Crippen LogP contribution in [0.2, 0.25) is 0 Å². The van der Waals surface area contributed by atoms with E-state index in [2.05, 4.69) is 5.32 Å². The van der Waals surface area contributed by atoms with Crippen molar-refractivity contribution in [2.75, 3.05) is 13.1 Å². The molecular formula is C14H24N2O4. The number of β-amino-alcohol motifs (C(OH)–C–C–N with tert-alkyl or cyclic N) is 1. The molecule has 1 saturated carbocycles. The molecule has 114 valence electrons. The van der Waals surface area contributed by atoms with Gasteiger partial charge in [-0.15, -0.1) is 0 Å². The third-order valence-electron chi connectivity index (χ3n) is 4.60. The molecule has 0 aromatic carbocycles. The number of hydrogen-bond acceptors (Lipinski definition) is 3. The molecule has 2 aliphatic rings. The van der Waals surface area contributed by atoms with Crippen molar-refractivity contribution in [3.8, 4) is 0 Å². The second-order valence-electron chi connectivity index (χ2n) is 6.06. The lowest BCUT2D eigenvalue weighted by atomic mass is 9.84. The number of aliphatic hydroxyl groups excluding tert-OH is 1. The van der Waals surface area contributed by atoms with Crippen LogP contribution in [0.25, 0.3) is 0 Å². The highest BCUT2D eigenvalue weighted by Crippen LogP contribution is 2.25. The molecule has 4 atom stereocenters. The number of nitrogens with zero attached hydrogens (tertiary/aromatic N) is 1. The van der Waals surface area contributed by atoms with Gasteiger partial charge in [0.25, 0.3) is 0 Å². The predicted octanol–water partition coefficient (Wildman–Crippen LogP) is 1.04. The van der Waals surface area contributed by atoms with Crippen molar-refractivity contribution in [2.24, 2.45) is 11.8 Å². The summed E-state index contributed by atoms with van der Waals surface area (Å²) in [6.45, 7) is 2.92. The van der Waals surface area contributed by atoms with Gasteiger partial charge in [0.15, 0.2) is 0 Å². The molecule has 1 heterocycles. The summed E-state index contributed by atoms with van der Waals surface area (Å²) in [7, 11) is 0. The van der Waals surface area contributed by atoms with E-state index in [9.17, 15) is 19.8 Å². The Balaban J connectivity index is 1.91. The number of carboxylic acids is 1. The first-order chi connectivity index (χ1) is 9.49. The molecule has 1 aliphatic heterocycles. The highest BCUT2D eigenvalue weighted by molar-refractivity contribution is 5.77. The molecule has 2 fully saturated rings. The summed E-state index contributed by atoms with van der Waals surface area (Å²) in [4.78, 5) is 25.0. The molecular weight excluding hydrogens is 260 g/mol. The molecule has 6 nitrogen and oxygen atoms in total. The average Bonchev–Trinajstić information content (AvgIpc) is 2.42. The van der Waals surface area contributed by atoms with Crippen molar-refractivity contribution < 1.29 is 19.8 Å². The lowest BCUT2D eigenvalue weighted by Crippen LogP contribution is -2.54. The quantitative estimate of drug-likeness (QED) is 0.707. The molecule has 3 N–H and O–H groups in total. The van der Waals surface area contributed by atoms with Crippen LogP contribution in [0.5, 0.6) is 0 Å². The summed E-state index contributed by atoms with van der Waals surface area (Å²) < 4.78 is 0. The average molecular weight is 284 g/mol. The van der Waals surface area contributed by atoms with E-state index in [0.29, 0.717) is 19.5 Å². The lowest BCUT2D eigenvalue weighted by Gasteiger charge is -2.36. The molecule has 6 heteroatoms. The van der Waals surface area contributed by atoms with Crippen molar-refractivity contribution in [3.05, 3.63) is 0 Å². The third-order valence-corrected chi connectivity index (χ3v) is 4.60. The molecule has 0 bridgehead atoms. The minimum Gasteiger partial charge on any atom is -0.481 e. The van der Waals surface area contributed by atoms with E-state index in [-0.39, 0.29) is 18.0 Å². The standard InChI is InChI=1S/C14H24N2O4/c1-9-6-7-16(8-12(9)17)14(20)15-11-5-3-2-4-10(11)13(18)19/h9-12,17H,2-8H2,1H3,(H,15,20)(H,18,19). The summed E-state index contributed by atoms with van der Waals surface area (Å²) in [6, 6.07) is -0.528. The Morgan fingerprint density at radius 1 is 1.20 bits per heavy atom. The van der Waals surface area contributed by atoms with Gasteiger partial charge in [0.05, 0.1) is 12.0 Å². The predicted molar refractivity (Wildman–Crippen MR) is 73.3 cm³/mol. The zero-order chi connectivity index (χ0) is 14.7. The van der Waals surface area contributed by atoms with E-state index in [1.165, 1.54) is 0 Å². The fourth-order valence-corrected chi connectivity index (χ4v) is 3.08. The fourth-order valence-electron chi connectivity index (χ4n) is 3.08. The van der Waals surface area contributed by atoms with Crippen LogP contribution < -0.4 is 5.32 Å². The number of amides is 2. The maximum atomic E-state index is 12.2. The number of carbonyl (C=O) groups is 2. The van der Waals surface area contributed by atoms with Gasteiger partial charge in [-0.05, 0) is 25.2 Å². The molecule has 0 aromatic heterocycles. The van der Waals surface area contributed by atoms with Crippen LogP contribution in [0.4, 0.5) is 4.79 Å². The summed E-state index contributed by atoms with van der Waals surface area (Å²) in [5, 5.41) is 21.9. The van der Waals surface area contributed by atoms with Crippen molar-refractivity contribution in [3.63, 3.8) is 0 Å². The van der Waals surface area contributed by atoms with Gasteiger partial charge in [-0.1, -0.05) is 19.8 Å². The minimum atomic E-state index is -0.831. The second-order valence-corrected chi connectivity index (χ2v) is 6.06. The molecule has 0 spiro atoms. The number of nitrogens with one attached hydrogen (secondary N) is 1. The summed E-state index contributed by atoms with van der Waals surface area (Å²) in [5.41, 5.74) is 0. The Hall–Kier alpha value is -1.30. The number of piperidine rings is 1. The summed E-state index contributed by atoms with van der Waals surface area (Å²) in [6.07, 6.45) is 3.49. The van der Waals surface area contributed by atoms with Gasteiger partial charge in [0.2, 0.25) is 0 Å². The summed E-state index contributed by atoms with van der Waals surface area (Å²) >= 11 is 0. The molecule has 2 amide bonds. The maximum absolute atomic E-state index is 12.2. The van der Waals surface area contributed by atoms with E-state index in [0.717, 1.165) is 25.7 Å². The smallest absolute Gasteiger partial charge is 0.317 e. The highest BCUT2D eigenvalue weighted by atomic mass is 16.4. The Bertz CT molecular complexity index is 374. The summed E-state index contributed by atoms with van der Waals surface area (Å²) in [5.74, 6) is -1.11. The zero-order valence-electron chi connectivity index (χ0n) is 11.9. The first kappa shape index (κ1) is 15.1. The minimum absolute atomic E-state index is 0.209. The van der Waals surface area contributed by atoms with Crippen molar-refractivity contribution in [1.82, 2.24) is 10.2 Å². The van der Waals surface area contributed by atoms with E-state index >= 15 is 0 Å².